The summed E-state index contributed by atoms with van der Waals surface area (Å²) >= 11 is 1.56. The molecule has 0 heterocycles. The number of hydrogen-bond donors (Lipinski definition) is 1. The number of rotatable bonds is 8. The van der Waals surface area contributed by atoms with E-state index in [1.165, 1.54) is 0 Å². The van der Waals surface area contributed by atoms with E-state index in [1.54, 1.807) is 11.8 Å². The first-order valence-corrected chi connectivity index (χ1v) is 5.22. The fraction of sp³-hybridized carbons (Fsp3) is 0.750. The van der Waals surface area contributed by atoms with Gasteiger partial charge in [-0.2, -0.15) is 11.8 Å². The molecule has 1 amide bonds. The van der Waals surface area contributed by atoms with Crippen LogP contribution in [0.1, 0.15) is 25.7 Å². The van der Waals surface area contributed by atoms with Crippen molar-refractivity contribution < 1.29 is 9.59 Å². The molecule has 0 bridgehead atoms. The summed E-state index contributed by atoms with van der Waals surface area (Å²) in [5, 5.41) is 0. The second-order valence-corrected chi connectivity index (χ2v) is 3.64. The van der Waals surface area contributed by atoms with Gasteiger partial charge in [-0.1, -0.05) is 6.42 Å². The van der Waals surface area contributed by atoms with Crippen LogP contribution >= 0.6 is 11.8 Å². The number of nitrogens with two attached hydrogens (primary N) is 1. The molecule has 0 spiro atoms. The van der Waals surface area contributed by atoms with Crippen molar-refractivity contribution in [1.29, 1.82) is 0 Å². The number of primary amides is 1. The minimum absolute atomic E-state index is 0.257. The summed E-state index contributed by atoms with van der Waals surface area (Å²) in [6.07, 6.45) is 4.67. The van der Waals surface area contributed by atoms with Crippen LogP contribution in [-0.4, -0.2) is 23.7 Å². The van der Waals surface area contributed by atoms with Gasteiger partial charge < -0.3 is 10.5 Å². The van der Waals surface area contributed by atoms with Gasteiger partial charge in [-0.3, -0.25) is 4.79 Å². The Kier molecular flexibility index (Phi) is 8.22. The van der Waals surface area contributed by atoms with Gasteiger partial charge in [0.2, 0.25) is 5.91 Å². The predicted molar refractivity (Wildman–Crippen MR) is 51.1 cm³/mol. The molecule has 0 radical (unpaired) electrons. The van der Waals surface area contributed by atoms with Gasteiger partial charge in [-0.05, 0) is 18.6 Å². The van der Waals surface area contributed by atoms with Crippen molar-refractivity contribution in [2.24, 2.45) is 5.73 Å². The molecule has 0 fully saturated rings. The monoisotopic (exact) mass is 189 g/mol. The second-order valence-electron chi connectivity index (χ2n) is 2.53. The Bertz CT molecular complexity index is 139. The number of aldehydes is 1. The Labute approximate surface area is 77.1 Å². The third kappa shape index (κ3) is 9.49. The summed E-state index contributed by atoms with van der Waals surface area (Å²) in [4.78, 5) is 20.2. The minimum atomic E-state index is -0.257. The van der Waals surface area contributed by atoms with Gasteiger partial charge in [0, 0.05) is 6.42 Å². The van der Waals surface area contributed by atoms with Crippen molar-refractivity contribution in [2.75, 3.05) is 11.5 Å². The molecule has 0 aliphatic rings. The second kappa shape index (κ2) is 8.59. The Hall–Kier alpha value is -0.510. The highest BCUT2D eigenvalue weighted by molar-refractivity contribution is 7.99. The average Bonchev–Trinajstić information content (AvgIpc) is 2.02. The number of unbranched alkanes of at least 4 members (excludes halogenated alkanes) is 3. The number of thioether (sulfide) groups is 1. The third-order valence-corrected chi connectivity index (χ3v) is 2.42. The number of carbonyl (C=O) groups excluding carboxylic acids is 2. The lowest BCUT2D eigenvalue weighted by molar-refractivity contribution is -0.115. The zero-order chi connectivity index (χ0) is 9.23. The maximum absolute atomic E-state index is 10.3. The van der Waals surface area contributed by atoms with Crippen LogP contribution in [-0.2, 0) is 9.59 Å². The lowest BCUT2D eigenvalue weighted by Gasteiger charge is -1.97. The van der Waals surface area contributed by atoms with Crippen molar-refractivity contribution in [3.8, 4) is 0 Å². The molecule has 0 rings (SSSR count). The zero-order valence-corrected chi connectivity index (χ0v) is 7.94. The first kappa shape index (κ1) is 11.5. The van der Waals surface area contributed by atoms with Crippen molar-refractivity contribution in [3.63, 3.8) is 0 Å². The largest absolute Gasteiger partial charge is 0.369 e. The smallest absolute Gasteiger partial charge is 0.227 e. The average molecular weight is 189 g/mol. The van der Waals surface area contributed by atoms with Crippen LogP contribution in [0.25, 0.3) is 0 Å². The van der Waals surface area contributed by atoms with Crippen LogP contribution < -0.4 is 5.73 Å². The lowest BCUT2D eigenvalue weighted by Crippen LogP contribution is -2.13. The lowest BCUT2D eigenvalue weighted by atomic mass is 10.2. The number of hydrogen-bond acceptors (Lipinski definition) is 3. The van der Waals surface area contributed by atoms with E-state index in [-0.39, 0.29) is 5.91 Å². The fourth-order valence-corrected chi connectivity index (χ4v) is 1.54. The van der Waals surface area contributed by atoms with E-state index >= 15 is 0 Å². The third-order valence-electron chi connectivity index (χ3n) is 1.35. The van der Waals surface area contributed by atoms with Gasteiger partial charge in [-0.15, -0.1) is 0 Å². The van der Waals surface area contributed by atoms with Crippen molar-refractivity contribution in [2.45, 2.75) is 25.7 Å². The Morgan fingerprint density at radius 1 is 1.33 bits per heavy atom. The molecule has 0 aromatic heterocycles. The Morgan fingerprint density at radius 3 is 2.67 bits per heavy atom. The van der Waals surface area contributed by atoms with Crippen LogP contribution in [0.5, 0.6) is 0 Å². The van der Waals surface area contributed by atoms with Gasteiger partial charge in [0.25, 0.3) is 0 Å². The topological polar surface area (TPSA) is 60.2 Å². The van der Waals surface area contributed by atoms with Gasteiger partial charge in [0.15, 0.2) is 0 Å². The maximum Gasteiger partial charge on any atom is 0.227 e. The van der Waals surface area contributed by atoms with E-state index in [1.807, 2.05) is 0 Å². The highest BCUT2D eigenvalue weighted by Gasteiger charge is 1.94. The first-order valence-electron chi connectivity index (χ1n) is 4.07. The summed E-state index contributed by atoms with van der Waals surface area (Å²) < 4.78 is 0. The molecule has 0 aromatic carbocycles. The molecule has 3 nitrogen and oxygen atoms in total. The number of amides is 1. The molecule has 70 valence electrons. The molecule has 0 aliphatic heterocycles. The summed E-state index contributed by atoms with van der Waals surface area (Å²) in [6, 6.07) is 0. The van der Waals surface area contributed by atoms with Gasteiger partial charge in [-0.25, -0.2) is 0 Å². The fourth-order valence-electron chi connectivity index (χ4n) is 0.781. The van der Waals surface area contributed by atoms with Crippen LogP contribution in [0, 0.1) is 0 Å². The molecule has 12 heavy (non-hydrogen) atoms. The molecule has 0 aromatic rings. The maximum atomic E-state index is 10.3. The zero-order valence-electron chi connectivity index (χ0n) is 7.12. The standard InChI is InChI=1S/C8H15NO2S/c9-8(11)7-12-6-4-2-1-3-5-10/h5H,1-4,6-7H2,(H2,9,11). The SMILES string of the molecule is NC(=O)CSCCCCCC=O. The van der Waals surface area contributed by atoms with Crippen molar-refractivity contribution in [3.05, 3.63) is 0 Å². The van der Waals surface area contributed by atoms with E-state index in [0.29, 0.717) is 12.2 Å². The molecule has 4 heteroatoms. The van der Waals surface area contributed by atoms with Crippen LogP contribution in [0.4, 0.5) is 0 Å². The van der Waals surface area contributed by atoms with Crippen LogP contribution in [0.2, 0.25) is 0 Å². The van der Waals surface area contributed by atoms with Gasteiger partial charge >= 0.3 is 0 Å². The summed E-state index contributed by atoms with van der Waals surface area (Å²) in [5.41, 5.74) is 4.95. The Balaban J connectivity index is 2.90. The molecule has 2 N–H and O–H groups in total. The highest BCUT2D eigenvalue weighted by Crippen LogP contribution is 2.06. The van der Waals surface area contributed by atoms with E-state index in [2.05, 4.69) is 0 Å². The van der Waals surface area contributed by atoms with E-state index in [0.717, 1.165) is 31.3 Å². The quantitative estimate of drug-likeness (QED) is 0.457. The molecular formula is C8H15NO2S. The Morgan fingerprint density at radius 2 is 2.08 bits per heavy atom. The van der Waals surface area contributed by atoms with Crippen LogP contribution in [0.15, 0.2) is 0 Å². The summed E-state index contributed by atoms with van der Waals surface area (Å²) in [5.74, 6) is 1.11. The predicted octanol–water partition coefficient (Wildman–Crippen LogP) is 0.964. The summed E-state index contributed by atoms with van der Waals surface area (Å²) in [6.45, 7) is 0. The van der Waals surface area contributed by atoms with E-state index in [9.17, 15) is 9.59 Å². The summed E-state index contributed by atoms with van der Waals surface area (Å²) in [7, 11) is 0. The molecule has 0 atom stereocenters. The number of carbonyl (C=O) groups is 2. The first-order chi connectivity index (χ1) is 5.77. The van der Waals surface area contributed by atoms with Gasteiger partial charge in [0.1, 0.15) is 6.29 Å². The van der Waals surface area contributed by atoms with Gasteiger partial charge in [0.05, 0.1) is 5.75 Å². The van der Waals surface area contributed by atoms with Crippen molar-refractivity contribution >= 4 is 24.0 Å². The normalized spacial score (nSPS) is 9.67. The highest BCUT2D eigenvalue weighted by atomic mass is 32.2. The van der Waals surface area contributed by atoms with Crippen molar-refractivity contribution in [1.82, 2.24) is 0 Å². The van der Waals surface area contributed by atoms with E-state index < -0.39 is 0 Å². The molecule has 0 unspecified atom stereocenters. The minimum Gasteiger partial charge on any atom is -0.369 e. The molecule has 0 saturated carbocycles. The molecular weight excluding hydrogens is 174 g/mol. The van der Waals surface area contributed by atoms with Crippen LogP contribution in [0.3, 0.4) is 0 Å². The van der Waals surface area contributed by atoms with E-state index in [4.69, 9.17) is 5.73 Å². The molecule has 0 saturated heterocycles. The molecule has 0 aliphatic carbocycles.